The maximum atomic E-state index is 12.4. The predicted octanol–water partition coefficient (Wildman–Crippen LogP) is 2.22. The highest BCUT2D eigenvalue weighted by Crippen LogP contribution is 2.35. The van der Waals surface area contributed by atoms with Gasteiger partial charge >= 0.3 is 11.8 Å². The fourth-order valence-electron chi connectivity index (χ4n) is 2.67. The van der Waals surface area contributed by atoms with Crippen LogP contribution in [0.4, 0.5) is 5.69 Å². The molecule has 1 aromatic heterocycles. The van der Waals surface area contributed by atoms with Gasteiger partial charge in [0.1, 0.15) is 0 Å². The number of carbonyl (C=O) groups is 2. The van der Waals surface area contributed by atoms with E-state index in [0.29, 0.717) is 13.1 Å². The quantitative estimate of drug-likeness (QED) is 0.864. The first-order valence-corrected chi connectivity index (χ1v) is 7.98. The summed E-state index contributed by atoms with van der Waals surface area (Å²) in [6, 6.07) is 7.73. The molecule has 114 valence electrons. The number of hydrogen-bond donors (Lipinski definition) is 1. The van der Waals surface area contributed by atoms with Crippen molar-refractivity contribution in [3.8, 4) is 0 Å². The number of aromatic nitrogens is 1. The highest BCUT2D eigenvalue weighted by molar-refractivity contribution is 7.11. The zero-order chi connectivity index (χ0) is 15.7. The first-order valence-electron chi connectivity index (χ1n) is 7.16. The second-order valence-corrected chi connectivity index (χ2v) is 6.72. The van der Waals surface area contributed by atoms with Gasteiger partial charge in [0.05, 0.1) is 11.6 Å². The van der Waals surface area contributed by atoms with Gasteiger partial charge < -0.3 is 10.2 Å². The lowest BCUT2D eigenvalue weighted by Crippen LogP contribution is -2.42. The Labute approximate surface area is 133 Å². The van der Waals surface area contributed by atoms with Crippen LogP contribution >= 0.6 is 11.3 Å². The fourth-order valence-corrected chi connectivity index (χ4v) is 3.40. The smallest absolute Gasteiger partial charge is 0.316 e. The third-order valence-corrected chi connectivity index (χ3v) is 4.66. The molecule has 1 atom stereocenters. The van der Waals surface area contributed by atoms with Crippen molar-refractivity contribution in [2.75, 3.05) is 11.4 Å². The molecule has 1 aliphatic rings. The van der Waals surface area contributed by atoms with Gasteiger partial charge in [0.15, 0.2) is 0 Å². The summed E-state index contributed by atoms with van der Waals surface area (Å²) in [5.74, 6) is -0.829. The molecule has 0 fully saturated rings. The van der Waals surface area contributed by atoms with E-state index in [0.717, 1.165) is 21.1 Å². The third-order valence-electron chi connectivity index (χ3n) is 3.75. The molecule has 1 aliphatic heterocycles. The number of amides is 2. The van der Waals surface area contributed by atoms with E-state index in [1.165, 1.54) is 11.3 Å². The Bertz CT molecular complexity index is 726. The molecule has 22 heavy (non-hydrogen) atoms. The van der Waals surface area contributed by atoms with E-state index >= 15 is 0 Å². The predicted molar refractivity (Wildman–Crippen MR) is 85.9 cm³/mol. The number of aryl methyl sites for hydroxylation is 1. The van der Waals surface area contributed by atoms with Crippen LogP contribution in [0.1, 0.15) is 28.3 Å². The molecule has 1 N–H and O–H groups in total. The van der Waals surface area contributed by atoms with Gasteiger partial charge in [-0.05, 0) is 18.6 Å². The fraction of sp³-hybridized carbons (Fsp3) is 0.312. The number of carbonyl (C=O) groups excluding carboxylic acids is 2. The third kappa shape index (κ3) is 2.74. The van der Waals surface area contributed by atoms with Crippen molar-refractivity contribution in [2.24, 2.45) is 0 Å². The standard InChI is InChI=1S/C16H17N3O2S/c1-10-9-19(14-6-4-3-5-13(10)14)16(21)15(20)18-8-12-7-17-11(2)22-12/h3-7,10H,8-9H2,1-2H3,(H,18,20). The number of hydrogen-bond acceptors (Lipinski definition) is 4. The molecule has 2 amide bonds. The van der Waals surface area contributed by atoms with Crippen LogP contribution in [0.25, 0.3) is 0 Å². The minimum Gasteiger partial charge on any atom is -0.343 e. The summed E-state index contributed by atoms with van der Waals surface area (Å²) in [5.41, 5.74) is 1.95. The molecule has 3 rings (SSSR count). The number of para-hydroxylation sites is 1. The van der Waals surface area contributed by atoms with Crippen molar-refractivity contribution in [3.63, 3.8) is 0 Å². The van der Waals surface area contributed by atoms with Crippen LogP contribution in [-0.4, -0.2) is 23.3 Å². The monoisotopic (exact) mass is 315 g/mol. The molecule has 5 nitrogen and oxygen atoms in total. The molecule has 0 saturated heterocycles. The van der Waals surface area contributed by atoms with Gasteiger partial charge in [0.25, 0.3) is 0 Å². The lowest BCUT2D eigenvalue weighted by molar-refractivity contribution is -0.137. The van der Waals surface area contributed by atoms with Crippen LogP contribution in [-0.2, 0) is 16.1 Å². The van der Waals surface area contributed by atoms with Gasteiger partial charge in [0, 0.05) is 29.2 Å². The Hall–Kier alpha value is -2.21. The highest BCUT2D eigenvalue weighted by atomic mass is 32.1. The van der Waals surface area contributed by atoms with Crippen molar-refractivity contribution >= 4 is 28.8 Å². The number of rotatable bonds is 2. The van der Waals surface area contributed by atoms with E-state index in [2.05, 4.69) is 17.2 Å². The van der Waals surface area contributed by atoms with E-state index in [1.807, 2.05) is 31.2 Å². The second kappa shape index (κ2) is 5.88. The number of fused-ring (bicyclic) bond motifs is 1. The molecule has 0 spiro atoms. The van der Waals surface area contributed by atoms with E-state index < -0.39 is 11.8 Å². The zero-order valence-electron chi connectivity index (χ0n) is 12.5. The molecule has 0 radical (unpaired) electrons. The van der Waals surface area contributed by atoms with Gasteiger partial charge in [-0.3, -0.25) is 9.59 Å². The maximum Gasteiger partial charge on any atom is 0.316 e. The normalized spacial score (nSPS) is 16.5. The number of nitrogens with zero attached hydrogens (tertiary/aromatic N) is 2. The summed E-state index contributed by atoms with van der Waals surface area (Å²) in [7, 11) is 0. The largest absolute Gasteiger partial charge is 0.343 e. The number of anilines is 1. The van der Waals surface area contributed by atoms with Crippen LogP contribution in [0.15, 0.2) is 30.5 Å². The Morgan fingerprint density at radius 2 is 2.18 bits per heavy atom. The first kappa shape index (κ1) is 14.7. The Balaban J connectivity index is 1.68. The van der Waals surface area contributed by atoms with Crippen molar-refractivity contribution in [1.82, 2.24) is 10.3 Å². The van der Waals surface area contributed by atoms with E-state index in [4.69, 9.17) is 0 Å². The van der Waals surface area contributed by atoms with Gasteiger partial charge in [-0.2, -0.15) is 0 Å². The Morgan fingerprint density at radius 1 is 1.41 bits per heavy atom. The summed E-state index contributed by atoms with van der Waals surface area (Å²) in [6.45, 7) is 4.85. The van der Waals surface area contributed by atoms with Crippen LogP contribution in [0.3, 0.4) is 0 Å². The Morgan fingerprint density at radius 3 is 2.91 bits per heavy atom. The second-order valence-electron chi connectivity index (χ2n) is 5.40. The topological polar surface area (TPSA) is 62.3 Å². The van der Waals surface area contributed by atoms with Crippen LogP contribution < -0.4 is 10.2 Å². The average molecular weight is 315 g/mol. The molecular formula is C16H17N3O2S. The van der Waals surface area contributed by atoms with Crippen LogP contribution in [0, 0.1) is 6.92 Å². The zero-order valence-corrected chi connectivity index (χ0v) is 13.3. The summed E-state index contributed by atoms with van der Waals surface area (Å²) in [6.07, 6.45) is 1.72. The molecule has 0 saturated carbocycles. The minimum absolute atomic E-state index is 0.247. The molecule has 2 aromatic rings. The van der Waals surface area contributed by atoms with Gasteiger partial charge in [-0.1, -0.05) is 25.1 Å². The summed E-state index contributed by atoms with van der Waals surface area (Å²) < 4.78 is 0. The average Bonchev–Trinajstić information content (AvgIpc) is 3.08. The van der Waals surface area contributed by atoms with Gasteiger partial charge in [-0.15, -0.1) is 11.3 Å². The van der Waals surface area contributed by atoms with E-state index in [-0.39, 0.29) is 5.92 Å². The molecule has 6 heteroatoms. The lowest BCUT2D eigenvalue weighted by atomic mass is 10.0. The molecular weight excluding hydrogens is 298 g/mol. The summed E-state index contributed by atoms with van der Waals surface area (Å²) in [4.78, 5) is 31.1. The first-order chi connectivity index (χ1) is 10.6. The van der Waals surface area contributed by atoms with Crippen molar-refractivity contribution < 1.29 is 9.59 Å². The maximum absolute atomic E-state index is 12.4. The minimum atomic E-state index is -0.574. The molecule has 1 unspecified atom stereocenters. The molecule has 2 heterocycles. The van der Waals surface area contributed by atoms with E-state index in [9.17, 15) is 9.59 Å². The molecule has 1 aromatic carbocycles. The lowest BCUT2D eigenvalue weighted by Gasteiger charge is -2.16. The van der Waals surface area contributed by atoms with Crippen molar-refractivity contribution in [2.45, 2.75) is 26.3 Å². The van der Waals surface area contributed by atoms with Gasteiger partial charge in [-0.25, -0.2) is 4.98 Å². The summed E-state index contributed by atoms with van der Waals surface area (Å²) in [5, 5.41) is 3.62. The van der Waals surface area contributed by atoms with Crippen LogP contribution in [0.2, 0.25) is 0 Å². The van der Waals surface area contributed by atoms with E-state index in [1.54, 1.807) is 11.1 Å². The van der Waals surface area contributed by atoms with Crippen molar-refractivity contribution in [3.05, 3.63) is 45.9 Å². The highest BCUT2D eigenvalue weighted by Gasteiger charge is 2.32. The molecule has 0 bridgehead atoms. The van der Waals surface area contributed by atoms with Crippen molar-refractivity contribution in [1.29, 1.82) is 0 Å². The van der Waals surface area contributed by atoms with Gasteiger partial charge in [0.2, 0.25) is 0 Å². The number of nitrogens with one attached hydrogen (secondary N) is 1. The molecule has 0 aliphatic carbocycles. The SMILES string of the molecule is Cc1ncc(CNC(=O)C(=O)N2CC(C)c3ccccc32)s1. The number of benzene rings is 1. The summed E-state index contributed by atoms with van der Waals surface area (Å²) >= 11 is 1.51. The Kier molecular flexibility index (Phi) is 3.94. The number of thiazole rings is 1. The van der Waals surface area contributed by atoms with Crippen LogP contribution in [0.5, 0.6) is 0 Å².